The molecule has 0 fully saturated rings. The second-order valence-corrected chi connectivity index (χ2v) is 7.34. The quantitative estimate of drug-likeness (QED) is 0.316. The van der Waals surface area contributed by atoms with Gasteiger partial charge in [0, 0.05) is 25.3 Å². The van der Waals surface area contributed by atoms with Gasteiger partial charge < -0.3 is 24.8 Å². The Labute approximate surface area is 191 Å². The first kappa shape index (κ1) is 25.0. The van der Waals surface area contributed by atoms with E-state index < -0.39 is 0 Å². The monoisotopic (exact) mass is 513 g/mol. The average Bonchev–Trinajstić information content (AvgIpc) is 2.69. The second kappa shape index (κ2) is 11.9. The molecular weight excluding hydrogens is 481 g/mol. The van der Waals surface area contributed by atoms with Crippen molar-refractivity contribution < 1.29 is 14.2 Å². The van der Waals surface area contributed by atoms with Crippen LogP contribution >= 0.6 is 24.0 Å². The fraction of sp³-hybridized carbons (Fsp3) is 0.409. The molecule has 0 spiro atoms. The van der Waals surface area contributed by atoms with Gasteiger partial charge >= 0.3 is 0 Å². The van der Waals surface area contributed by atoms with Crippen LogP contribution in [-0.2, 0) is 17.9 Å². The van der Waals surface area contributed by atoms with E-state index in [2.05, 4.69) is 54.6 Å². The van der Waals surface area contributed by atoms with Crippen LogP contribution in [-0.4, -0.2) is 32.8 Å². The lowest BCUT2D eigenvalue weighted by Crippen LogP contribution is -2.30. The molecule has 2 aromatic rings. The highest BCUT2D eigenvalue weighted by Crippen LogP contribution is 2.29. The maximum atomic E-state index is 5.86. The molecule has 2 N–H and O–H groups in total. The van der Waals surface area contributed by atoms with Crippen LogP contribution in [0.25, 0.3) is 0 Å². The number of halogens is 1. The summed E-state index contributed by atoms with van der Waals surface area (Å²) in [6.45, 7) is 7.42. The Morgan fingerprint density at radius 1 is 0.966 bits per heavy atom. The first-order valence-corrected chi connectivity index (χ1v) is 9.26. The molecule has 0 saturated carbocycles. The predicted octanol–water partition coefficient (Wildman–Crippen LogP) is 4.82. The summed E-state index contributed by atoms with van der Waals surface area (Å²) >= 11 is 0. The molecule has 0 bridgehead atoms. The third-order valence-electron chi connectivity index (χ3n) is 3.99. The van der Waals surface area contributed by atoms with E-state index in [1.807, 2.05) is 24.3 Å². The van der Waals surface area contributed by atoms with Crippen molar-refractivity contribution in [3.05, 3.63) is 53.6 Å². The fourth-order valence-electron chi connectivity index (χ4n) is 2.54. The molecule has 2 aromatic carbocycles. The molecule has 160 valence electrons. The van der Waals surface area contributed by atoms with E-state index in [9.17, 15) is 0 Å². The number of aliphatic imine (C=N–C) groups is 1. The summed E-state index contributed by atoms with van der Waals surface area (Å²) in [7, 11) is 4.97. The molecule has 2 rings (SSSR count). The third-order valence-corrected chi connectivity index (χ3v) is 3.99. The summed E-state index contributed by atoms with van der Waals surface area (Å²) in [6, 6.07) is 14.0. The molecule has 0 aromatic heterocycles. The molecule has 0 aliphatic rings. The van der Waals surface area contributed by atoms with Crippen molar-refractivity contribution in [1.29, 1.82) is 0 Å². The van der Waals surface area contributed by atoms with E-state index >= 15 is 0 Å². The number of hydrogen-bond acceptors (Lipinski definition) is 4. The summed E-state index contributed by atoms with van der Waals surface area (Å²) in [5.74, 6) is 2.02. The van der Waals surface area contributed by atoms with Crippen molar-refractivity contribution >= 4 is 35.6 Å². The van der Waals surface area contributed by atoms with E-state index in [4.69, 9.17) is 14.2 Å². The van der Waals surface area contributed by atoms with Crippen LogP contribution in [0.3, 0.4) is 0 Å². The molecule has 0 unspecified atom stereocenters. The number of rotatable bonds is 7. The number of benzene rings is 2. The van der Waals surface area contributed by atoms with Crippen LogP contribution in [0.15, 0.2) is 47.5 Å². The van der Waals surface area contributed by atoms with Crippen molar-refractivity contribution in [3.63, 3.8) is 0 Å². The molecule has 0 heterocycles. The largest absolute Gasteiger partial charge is 0.493 e. The Morgan fingerprint density at radius 3 is 2.28 bits per heavy atom. The number of methoxy groups -OCH3 is 2. The van der Waals surface area contributed by atoms with Crippen molar-refractivity contribution in [2.24, 2.45) is 4.99 Å². The molecule has 0 atom stereocenters. The van der Waals surface area contributed by atoms with Gasteiger partial charge in [0.15, 0.2) is 17.5 Å². The number of nitrogens with zero attached hydrogens (tertiary/aromatic N) is 1. The van der Waals surface area contributed by atoms with Crippen molar-refractivity contribution in [2.75, 3.05) is 26.6 Å². The van der Waals surface area contributed by atoms with Gasteiger partial charge in [-0.05, 0) is 44.0 Å². The maximum Gasteiger partial charge on any atom is 0.195 e. The number of anilines is 1. The molecule has 0 aliphatic heterocycles. The van der Waals surface area contributed by atoms with Crippen LogP contribution in [0.2, 0.25) is 0 Å². The van der Waals surface area contributed by atoms with Crippen molar-refractivity contribution in [3.8, 4) is 11.5 Å². The zero-order valence-corrected chi connectivity index (χ0v) is 20.4. The van der Waals surface area contributed by atoms with E-state index in [0.29, 0.717) is 30.6 Å². The zero-order chi connectivity index (χ0) is 20.6. The fourth-order valence-corrected chi connectivity index (χ4v) is 2.54. The Balaban J connectivity index is 0.00000420. The molecule has 0 saturated heterocycles. The van der Waals surface area contributed by atoms with Gasteiger partial charge in [0.05, 0.1) is 26.4 Å². The standard InChI is InChI=1S/C22H31N3O3.HI/c1-22(2,3)28-15-17-9-7-8-16(12-17)14-24-21(23-4)25-18-10-11-19(26-5)20(13-18)27-6;/h7-13H,14-15H2,1-6H3,(H2,23,24,25);1H. The minimum absolute atomic E-state index is 0. The first-order valence-electron chi connectivity index (χ1n) is 9.26. The third kappa shape index (κ3) is 8.49. The Bertz CT molecular complexity index is 804. The number of hydrogen-bond donors (Lipinski definition) is 2. The first-order chi connectivity index (χ1) is 13.3. The minimum atomic E-state index is -0.153. The van der Waals surface area contributed by atoms with Gasteiger partial charge in [0.1, 0.15) is 0 Å². The molecule has 0 radical (unpaired) electrons. The topological polar surface area (TPSA) is 64.1 Å². The van der Waals surface area contributed by atoms with Crippen molar-refractivity contribution in [2.45, 2.75) is 39.5 Å². The highest BCUT2D eigenvalue weighted by Gasteiger charge is 2.10. The highest BCUT2D eigenvalue weighted by atomic mass is 127. The molecule has 6 nitrogen and oxygen atoms in total. The summed E-state index contributed by atoms with van der Waals surface area (Å²) in [5, 5.41) is 6.59. The Hall–Kier alpha value is -2.00. The normalized spacial score (nSPS) is 11.4. The number of nitrogens with one attached hydrogen (secondary N) is 2. The molecule has 0 amide bonds. The van der Waals surface area contributed by atoms with E-state index in [0.717, 1.165) is 16.8 Å². The van der Waals surface area contributed by atoms with Crippen LogP contribution in [0.4, 0.5) is 5.69 Å². The van der Waals surface area contributed by atoms with Gasteiger partial charge in [-0.3, -0.25) is 4.99 Å². The molecule has 0 aliphatic carbocycles. The van der Waals surface area contributed by atoms with E-state index in [1.54, 1.807) is 21.3 Å². The van der Waals surface area contributed by atoms with Crippen LogP contribution in [0, 0.1) is 0 Å². The van der Waals surface area contributed by atoms with E-state index in [-0.39, 0.29) is 29.6 Å². The Morgan fingerprint density at radius 2 is 1.66 bits per heavy atom. The van der Waals surface area contributed by atoms with Gasteiger partial charge in [0.2, 0.25) is 0 Å². The Kier molecular flexibility index (Phi) is 10.2. The predicted molar refractivity (Wildman–Crippen MR) is 130 cm³/mol. The minimum Gasteiger partial charge on any atom is -0.493 e. The molecule has 7 heteroatoms. The van der Waals surface area contributed by atoms with Gasteiger partial charge in [-0.2, -0.15) is 0 Å². The zero-order valence-electron chi connectivity index (χ0n) is 18.0. The highest BCUT2D eigenvalue weighted by molar-refractivity contribution is 14.0. The van der Waals surface area contributed by atoms with Crippen molar-refractivity contribution in [1.82, 2.24) is 5.32 Å². The van der Waals surface area contributed by atoms with Crippen LogP contribution in [0.1, 0.15) is 31.9 Å². The SMILES string of the molecule is CN=C(NCc1cccc(COC(C)(C)C)c1)Nc1ccc(OC)c(OC)c1.I. The van der Waals surface area contributed by atoms with Crippen LogP contribution < -0.4 is 20.1 Å². The maximum absolute atomic E-state index is 5.86. The van der Waals surface area contributed by atoms with Gasteiger partial charge in [-0.1, -0.05) is 24.3 Å². The van der Waals surface area contributed by atoms with Gasteiger partial charge in [0.25, 0.3) is 0 Å². The lowest BCUT2D eigenvalue weighted by Gasteiger charge is -2.20. The summed E-state index contributed by atoms with van der Waals surface area (Å²) in [6.07, 6.45) is 0. The number of guanidine groups is 1. The van der Waals surface area contributed by atoms with Gasteiger partial charge in [-0.25, -0.2) is 0 Å². The second-order valence-electron chi connectivity index (χ2n) is 7.34. The van der Waals surface area contributed by atoms with Crippen LogP contribution in [0.5, 0.6) is 11.5 Å². The average molecular weight is 513 g/mol. The number of ether oxygens (including phenoxy) is 3. The lowest BCUT2D eigenvalue weighted by molar-refractivity contribution is -0.0149. The summed E-state index contributed by atoms with van der Waals surface area (Å²) < 4.78 is 16.5. The van der Waals surface area contributed by atoms with Gasteiger partial charge in [-0.15, -0.1) is 24.0 Å². The smallest absolute Gasteiger partial charge is 0.195 e. The summed E-state index contributed by atoms with van der Waals surface area (Å²) in [4.78, 5) is 4.29. The lowest BCUT2D eigenvalue weighted by atomic mass is 10.1. The summed E-state index contributed by atoms with van der Waals surface area (Å²) in [5.41, 5.74) is 3.01. The molecule has 29 heavy (non-hydrogen) atoms. The molecular formula is C22H32IN3O3. The van der Waals surface area contributed by atoms with E-state index in [1.165, 1.54) is 0 Å².